The van der Waals surface area contributed by atoms with Gasteiger partial charge in [-0.2, -0.15) is 11.8 Å². The predicted octanol–water partition coefficient (Wildman–Crippen LogP) is 3.80. The topological polar surface area (TPSA) is 16.1 Å². The lowest BCUT2D eigenvalue weighted by Crippen LogP contribution is -2.40. The van der Waals surface area contributed by atoms with Crippen molar-refractivity contribution in [2.24, 2.45) is 0 Å². The summed E-state index contributed by atoms with van der Waals surface area (Å²) in [5, 5.41) is 1.92. The Kier molecular flexibility index (Phi) is 4.45. The highest BCUT2D eigenvalue weighted by molar-refractivity contribution is 8.00. The number of aromatic nitrogens is 1. The van der Waals surface area contributed by atoms with E-state index >= 15 is 0 Å². The number of hydrogen-bond donors (Lipinski definition) is 0. The number of thioether (sulfide) groups is 1. The van der Waals surface area contributed by atoms with Crippen molar-refractivity contribution in [3.05, 3.63) is 22.8 Å². The van der Waals surface area contributed by atoms with E-state index in [-0.39, 0.29) is 0 Å². The summed E-state index contributed by atoms with van der Waals surface area (Å²) in [6, 6.07) is 2.00. The lowest BCUT2D eigenvalue weighted by molar-refractivity contribution is 0.718. The van der Waals surface area contributed by atoms with Gasteiger partial charge in [-0.05, 0) is 11.6 Å². The fourth-order valence-electron chi connectivity index (χ4n) is 2.11. The van der Waals surface area contributed by atoms with Crippen LogP contribution in [0.5, 0.6) is 0 Å². The van der Waals surface area contributed by atoms with Gasteiger partial charge >= 0.3 is 0 Å². The molecule has 2 atom stereocenters. The van der Waals surface area contributed by atoms with Gasteiger partial charge in [0.2, 0.25) is 0 Å². The van der Waals surface area contributed by atoms with Crippen molar-refractivity contribution < 1.29 is 0 Å². The van der Waals surface area contributed by atoms with E-state index in [0.29, 0.717) is 21.4 Å². The molecule has 0 saturated carbocycles. The SMILES string of the molecule is CC1CN(c2cc(CCl)c(Cl)cn2)CC(C)S1. The summed E-state index contributed by atoms with van der Waals surface area (Å²) in [6.45, 7) is 6.58. The van der Waals surface area contributed by atoms with Gasteiger partial charge in [0.1, 0.15) is 5.82 Å². The average Bonchev–Trinajstić information content (AvgIpc) is 2.28. The summed E-state index contributed by atoms with van der Waals surface area (Å²) >= 11 is 13.9. The fourth-order valence-corrected chi connectivity index (χ4v) is 3.89. The van der Waals surface area contributed by atoms with Crippen LogP contribution >= 0.6 is 35.0 Å². The molecule has 0 aromatic carbocycles. The highest BCUT2D eigenvalue weighted by Crippen LogP contribution is 2.29. The maximum Gasteiger partial charge on any atom is 0.128 e. The molecule has 1 aromatic rings. The third-order valence-electron chi connectivity index (χ3n) is 2.81. The van der Waals surface area contributed by atoms with E-state index < -0.39 is 0 Å². The first kappa shape index (κ1) is 13.3. The van der Waals surface area contributed by atoms with Crippen molar-refractivity contribution in [2.75, 3.05) is 18.0 Å². The van der Waals surface area contributed by atoms with Crippen molar-refractivity contribution in [1.29, 1.82) is 0 Å². The molecule has 0 radical (unpaired) electrons. The molecular formula is C12H16Cl2N2S. The first-order chi connectivity index (χ1) is 8.10. The Hall–Kier alpha value is -0.120. The molecule has 1 fully saturated rings. The maximum absolute atomic E-state index is 6.02. The number of alkyl halides is 1. The lowest BCUT2D eigenvalue weighted by Gasteiger charge is -2.35. The lowest BCUT2D eigenvalue weighted by atomic mass is 10.2. The second kappa shape index (κ2) is 5.68. The minimum Gasteiger partial charge on any atom is -0.354 e. The molecule has 1 aliphatic heterocycles. The van der Waals surface area contributed by atoms with E-state index in [1.54, 1.807) is 6.20 Å². The summed E-state index contributed by atoms with van der Waals surface area (Å²) in [5.74, 6) is 1.42. The van der Waals surface area contributed by atoms with Crippen LogP contribution in [0.3, 0.4) is 0 Å². The second-order valence-electron chi connectivity index (χ2n) is 4.43. The number of pyridine rings is 1. The summed E-state index contributed by atoms with van der Waals surface area (Å²) in [5.41, 5.74) is 0.955. The zero-order chi connectivity index (χ0) is 12.4. The Balaban J connectivity index is 2.21. The van der Waals surface area contributed by atoms with E-state index in [1.165, 1.54) is 0 Å². The molecule has 2 unspecified atom stereocenters. The van der Waals surface area contributed by atoms with Gasteiger partial charge in [-0.1, -0.05) is 25.4 Å². The molecule has 2 nitrogen and oxygen atoms in total. The summed E-state index contributed by atoms with van der Waals surface area (Å²) in [7, 11) is 0. The number of nitrogens with zero attached hydrogens (tertiary/aromatic N) is 2. The third-order valence-corrected chi connectivity index (χ3v) is 4.66. The molecule has 0 aliphatic carbocycles. The number of anilines is 1. The van der Waals surface area contributed by atoms with Crippen LogP contribution in [0.2, 0.25) is 5.02 Å². The van der Waals surface area contributed by atoms with Crippen molar-refractivity contribution in [1.82, 2.24) is 4.98 Å². The smallest absolute Gasteiger partial charge is 0.128 e. The Bertz CT molecular complexity index is 390. The predicted molar refractivity (Wildman–Crippen MR) is 77.5 cm³/mol. The van der Waals surface area contributed by atoms with Crippen LogP contribution in [0.25, 0.3) is 0 Å². The number of halogens is 2. The van der Waals surface area contributed by atoms with Gasteiger partial charge in [-0.3, -0.25) is 0 Å². The van der Waals surface area contributed by atoms with Crippen LogP contribution in [0.4, 0.5) is 5.82 Å². The first-order valence-electron chi connectivity index (χ1n) is 5.71. The van der Waals surface area contributed by atoms with Crippen LogP contribution in [0.1, 0.15) is 19.4 Å². The van der Waals surface area contributed by atoms with E-state index in [1.807, 2.05) is 17.8 Å². The molecule has 0 amide bonds. The largest absolute Gasteiger partial charge is 0.354 e. The normalized spacial score (nSPS) is 25.1. The molecule has 94 valence electrons. The van der Waals surface area contributed by atoms with Gasteiger partial charge < -0.3 is 4.90 Å². The molecule has 2 heterocycles. The van der Waals surface area contributed by atoms with Gasteiger partial charge in [0, 0.05) is 35.7 Å². The molecular weight excluding hydrogens is 275 g/mol. The van der Waals surface area contributed by atoms with E-state index in [4.69, 9.17) is 23.2 Å². The molecule has 5 heteroatoms. The van der Waals surface area contributed by atoms with Crippen molar-refractivity contribution in [2.45, 2.75) is 30.2 Å². The van der Waals surface area contributed by atoms with Gasteiger partial charge in [-0.25, -0.2) is 4.98 Å². The third kappa shape index (κ3) is 3.21. The van der Waals surface area contributed by atoms with E-state index in [9.17, 15) is 0 Å². The van der Waals surface area contributed by atoms with Gasteiger partial charge in [0.05, 0.1) is 5.02 Å². The summed E-state index contributed by atoms with van der Waals surface area (Å²) in [6.07, 6.45) is 1.70. The highest BCUT2D eigenvalue weighted by Gasteiger charge is 2.23. The molecule has 0 spiro atoms. The standard InChI is InChI=1S/C12H16Cl2N2S/c1-8-6-16(7-9(2)17-8)12-3-10(4-13)11(14)5-15-12/h3,5,8-9H,4,6-7H2,1-2H3. The summed E-state index contributed by atoms with van der Waals surface area (Å²) in [4.78, 5) is 6.72. The fraction of sp³-hybridized carbons (Fsp3) is 0.583. The quantitative estimate of drug-likeness (QED) is 0.771. The number of rotatable bonds is 2. The van der Waals surface area contributed by atoms with E-state index in [2.05, 4.69) is 23.7 Å². The van der Waals surface area contributed by atoms with Gasteiger partial charge in [-0.15, -0.1) is 11.6 Å². The second-order valence-corrected chi connectivity index (χ2v) is 6.99. The zero-order valence-electron chi connectivity index (χ0n) is 9.99. The van der Waals surface area contributed by atoms with Crippen molar-refractivity contribution in [3.63, 3.8) is 0 Å². The average molecular weight is 291 g/mol. The first-order valence-corrected chi connectivity index (χ1v) is 7.56. The molecule has 17 heavy (non-hydrogen) atoms. The van der Waals surface area contributed by atoms with Gasteiger partial charge in [0.15, 0.2) is 0 Å². The minimum absolute atomic E-state index is 0.433. The van der Waals surface area contributed by atoms with Crippen LogP contribution in [0.15, 0.2) is 12.3 Å². The molecule has 1 aromatic heterocycles. The Morgan fingerprint density at radius 3 is 2.65 bits per heavy atom. The zero-order valence-corrected chi connectivity index (χ0v) is 12.3. The minimum atomic E-state index is 0.433. The number of hydrogen-bond acceptors (Lipinski definition) is 3. The van der Waals surface area contributed by atoms with Crippen molar-refractivity contribution in [3.8, 4) is 0 Å². The Morgan fingerprint density at radius 1 is 1.41 bits per heavy atom. The van der Waals surface area contributed by atoms with Crippen LogP contribution in [0, 0.1) is 0 Å². The van der Waals surface area contributed by atoms with E-state index in [0.717, 1.165) is 24.5 Å². The molecule has 0 N–H and O–H groups in total. The molecule has 1 saturated heterocycles. The monoisotopic (exact) mass is 290 g/mol. The summed E-state index contributed by atoms with van der Waals surface area (Å²) < 4.78 is 0. The molecule has 2 rings (SSSR count). The Morgan fingerprint density at radius 2 is 2.06 bits per heavy atom. The maximum atomic E-state index is 6.02. The van der Waals surface area contributed by atoms with Crippen LogP contribution in [-0.4, -0.2) is 28.6 Å². The van der Waals surface area contributed by atoms with Crippen LogP contribution in [-0.2, 0) is 5.88 Å². The van der Waals surface area contributed by atoms with Crippen molar-refractivity contribution >= 4 is 40.8 Å². The Labute approximate surface area is 117 Å². The molecule has 0 bridgehead atoms. The van der Waals surface area contributed by atoms with Gasteiger partial charge in [0.25, 0.3) is 0 Å². The molecule has 1 aliphatic rings. The highest BCUT2D eigenvalue weighted by atomic mass is 35.5. The van der Waals surface area contributed by atoms with Crippen LogP contribution < -0.4 is 4.90 Å².